The molecule has 0 aliphatic carbocycles. The third-order valence-electron chi connectivity index (χ3n) is 2.20. The van der Waals surface area contributed by atoms with Crippen LogP contribution in [0.1, 0.15) is 5.82 Å². The maximum Gasteiger partial charge on any atom is 0.232 e. The number of benzene rings is 1. The van der Waals surface area contributed by atoms with Gasteiger partial charge in [0.05, 0.1) is 0 Å². The molecule has 1 aromatic heterocycles. The smallest absolute Gasteiger partial charge is 0.232 e. The van der Waals surface area contributed by atoms with Crippen LogP contribution in [0.3, 0.4) is 0 Å². The van der Waals surface area contributed by atoms with Crippen LogP contribution in [0.4, 0.5) is 17.6 Å². The molecule has 0 saturated heterocycles. The molecular formula is C12H16N6. The van der Waals surface area contributed by atoms with Gasteiger partial charge in [0.25, 0.3) is 0 Å². The molecule has 0 bridgehead atoms. The first kappa shape index (κ1) is 12.3. The second kappa shape index (κ2) is 5.92. The highest BCUT2D eigenvalue weighted by molar-refractivity contribution is 5.53. The van der Waals surface area contributed by atoms with Gasteiger partial charge >= 0.3 is 0 Å². The van der Waals surface area contributed by atoms with Crippen LogP contribution in [-0.2, 0) is 0 Å². The number of nitrogens with two attached hydrogens (primary N) is 1. The van der Waals surface area contributed by atoms with Gasteiger partial charge in [-0.1, -0.05) is 18.2 Å². The number of rotatable bonds is 5. The second-order valence-corrected chi connectivity index (χ2v) is 3.74. The van der Waals surface area contributed by atoms with Crippen molar-refractivity contribution in [1.29, 1.82) is 0 Å². The topological polar surface area (TPSA) is 88.8 Å². The lowest BCUT2D eigenvalue weighted by Crippen LogP contribution is -2.16. The minimum Gasteiger partial charge on any atom is -0.353 e. The van der Waals surface area contributed by atoms with Gasteiger partial charge in [-0.25, -0.2) is 0 Å². The summed E-state index contributed by atoms with van der Waals surface area (Å²) in [5.74, 6) is 1.71. The number of hydrogen-bond donors (Lipinski definition) is 3. The van der Waals surface area contributed by atoms with Gasteiger partial charge in [-0.2, -0.15) is 15.0 Å². The molecule has 0 atom stereocenters. The van der Waals surface area contributed by atoms with Gasteiger partial charge < -0.3 is 16.4 Å². The Morgan fingerprint density at radius 1 is 1.06 bits per heavy atom. The highest BCUT2D eigenvalue weighted by Crippen LogP contribution is 2.13. The van der Waals surface area contributed by atoms with Crippen LogP contribution in [0.5, 0.6) is 0 Å². The van der Waals surface area contributed by atoms with Crippen molar-refractivity contribution in [2.45, 2.75) is 6.92 Å². The SMILES string of the molecule is Cc1nc(NCCN)nc(Nc2ccccc2)n1. The summed E-state index contributed by atoms with van der Waals surface area (Å²) in [5, 5.41) is 6.16. The highest BCUT2D eigenvalue weighted by atomic mass is 15.2. The highest BCUT2D eigenvalue weighted by Gasteiger charge is 2.03. The van der Waals surface area contributed by atoms with Gasteiger partial charge in [-0.3, -0.25) is 0 Å². The Bertz CT molecular complexity index is 499. The van der Waals surface area contributed by atoms with Crippen molar-refractivity contribution in [2.24, 2.45) is 5.73 Å². The summed E-state index contributed by atoms with van der Waals surface area (Å²) >= 11 is 0. The zero-order valence-electron chi connectivity index (χ0n) is 10.2. The van der Waals surface area contributed by atoms with Crippen molar-refractivity contribution in [1.82, 2.24) is 15.0 Å². The number of hydrogen-bond acceptors (Lipinski definition) is 6. The summed E-state index contributed by atoms with van der Waals surface area (Å²) in [6.45, 7) is 2.99. The standard InChI is InChI=1S/C12H16N6/c1-9-15-11(14-8-7-13)18-12(16-9)17-10-5-3-2-4-6-10/h2-6H,7-8,13H2,1H3,(H2,14,15,16,17,18). The molecule has 0 aliphatic rings. The summed E-state index contributed by atoms with van der Waals surface area (Å²) in [5.41, 5.74) is 6.36. The van der Waals surface area contributed by atoms with E-state index in [-0.39, 0.29) is 0 Å². The van der Waals surface area contributed by atoms with Crippen molar-refractivity contribution in [3.05, 3.63) is 36.2 Å². The molecule has 1 heterocycles. The summed E-state index contributed by atoms with van der Waals surface area (Å²) in [6.07, 6.45) is 0. The van der Waals surface area contributed by atoms with Crippen LogP contribution < -0.4 is 16.4 Å². The lowest BCUT2D eigenvalue weighted by Gasteiger charge is -2.08. The monoisotopic (exact) mass is 244 g/mol. The molecule has 0 aliphatic heterocycles. The fourth-order valence-electron chi connectivity index (χ4n) is 1.45. The van der Waals surface area contributed by atoms with Crippen LogP contribution in [0.15, 0.2) is 30.3 Å². The van der Waals surface area contributed by atoms with E-state index in [2.05, 4.69) is 25.6 Å². The van der Waals surface area contributed by atoms with Crippen LogP contribution in [0.25, 0.3) is 0 Å². The summed E-state index contributed by atoms with van der Waals surface area (Å²) in [4.78, 5) is 12.7. The Morgan fingerprint density at radius 3 is 2.50 bits per heavy atom. The minimum atomic E-state index is 0.522. The Morgan fingerprint density at radius 2 is 1.78 bits per heavy atom. The van der Waals surface area contributed by atoms with Gasteiger partial charge in [0, 0.05) is 18.8 Å². The van der Waals surface area contributed by atoms with E-state index in [1.807, 2.05) is 37.3 Å². The molecule has 0 fully saturated rings. The maximum atomic E-state index is 5.43. The Labute approximate surface area is 106 Å². The maximum absolute atomic E-state index is 5.43. The molecule has 6 nitrogen and oxygen atoms in total. The van der Waals surface area contributed by atoms with Crippen molar-refractivity contribution >= 4 is 17.6 Å². The third kappa shape index (κ3) is 3.39. The molecule has 2 aromatic rings. The minimum absolute atomic E-state index is 0.522. The fraction of sp³-hybridized carbons (Fsp3) is 0.250. The summed E-state index contributed by atoms with van der Waals surface area (Å²) < 4.78 is 0. The zero-order valence-corrected chi connectivity index (χ0v) is 10.2. The van der Waals surface area contributed by atoms with E-state index in [0.29, 0.717) is 30.8 Å². The number of nitrogens with zero attached hydrogens (tertiary/aromatic N) is 3. The molecule has 94 valence electrons. The fourth-order valence-corrected chi connectivity index (χ4v) is 1.45. The van der Waals surface area contributed by atoms with E-state index in [1.54, 1.807) is 0 Å². The van der Waals surface area contributed by atoms with Crippen molar-refractivity contribution in [3.8, 4) is 0 Å². The first-order valence-corrected chi connectivity index (χ1v) is 5.76. The van der Waals surface area contributed by atoms with Gasteiger partial charge in [0.1, 0.15) is 5.82 Å². The second-order valence-electron chi connectivity index (χ2n) is 3.74. The van der Waals surface area contributed by atoms with E-state index < -0.39 is 0 Å². The summed E-state index contributed by atoms with van der Waals surface area (Å²) in [6, 6.07) is 9.75. The molecule has 18 heavy (non-hydrogen) atoms. The average Bonchev–Trinajstić information content (AvgIpc) is 2.37. The number of nitrogens with one attached hydrogen (secondary N) is 2. The first-order chi connectivity index (χ1) is 8.78. The number of aromatic nitrogens is 3. The van der Waals surface area contributed by atoms with Crippen molar-refractivity contribution < 1.29 is 0 Å². The van der Waals surface area contributed by atoms with E-state index in [4.69, 9.17) is 5.73 Å². The Kier molecular flexibility index (Phi) is 4.03. The van der Waals surface area contributed by atoms with E-state index in [1.165, 1.54) is 0 Å². The predicted octanol–water partition coefficient (Wildman–Crippen LogP) is 1.29. The van der Waals surface area contributed by atoms with Crippen molar-refractivity contribution in [3.63, 3.8) is 0 Å². The molecule has 0 unspecified atom stereocenters. The number of para-hydroxylation sites is 1. The lowest BCUT2D eigenvalue weighted by atomic mass is 10.3. The molecule has 0 saturated carbocycles. The van der Waals surface area contributed by atoms with Crippen LogP contribution in [0.2, 0.25) is 0 Å². The zero-order chi connectivity index (χ0) is 12.8. The van der Waals surface area contributed by atoms with E-state index in [9.17, 15) is 0 Å². The average molecular weight is 244 g/mol. The molecule has 6 heteroatoms. The lowest BCUT2D eigenvalue weighted by molar-refractivity contribution is 0.941. The molecule has 0 radical (unpaired) electrons. The molecule has 0 spiro atoms. The Hall–Kier alpha value is -2.21. The largest absolute Gasteiger partial charge is 0.353 e. The quantitative estimate of drug-likeness (QED) is 0.734. The normalized spacial score (nSPS) is 10.1. The van der Waals surface area contributed by atoms with E-state index in [0.717, 1.165) is 5.69 Å². The predicted molar refractivity (Wildman–Crippen MR) is 71.8 cm³/mol. The Balaban J connectivity index is 2.15. The summed E-state index contributed by atoms with van der Waals surface area (Å²) in [7, 11) is 0. The molecule has 1 aromatic carbocycles. The van der Waals surface area contributed by atoms with Crippen LogP contribution >= 0.6 is 0 Å². The first-order valence-electron chi connectivity index (χ1n) is 5.76. The van der Waals surface area contributed by atoms with Crippen LogP contribution in [-0.4, -0.2) is 28.0 Å². The molecule has 2 rings (SSSR count). The van der Waals surface area contributed by atoms with Gasteiger partial charge in [0.15, 0.2) is 0 Å². The number of aryl methyl sites for hydroxylation is 1. The molecular weight excluding hydrogens is 228 g/mol. The van der Waals surface area contributed by atoms with Gasteiger partial charge in [0.2, 0.25) is 11.9 Å². The number of anilines is 3. The van der Waals surface area contributed by atoms with Crippen LogP contribution in [0, 0.1) is 6.92 Å². The molecule has 0 amide bonds. The molecule has 4 N–H and O–H groups in total. The van der Waals surface area contributed by atoms with Gasteiger partial charge in [-0.15, -0.1) is 0 Å². The van der Waals surface area contributed by atoms with Crippen molar-refractivity contribution in [2.75, 3.05) is 23.7 Å². The van der Waals surface area contributed by atoms with E-state index >= 15 is 0 Å². The third-order valence-corrected chi connectivity index (χ3v) is 2.20. The van der Waals surface area contributed by atoms with Gasteiger partial charge in [-0.05, 0) is 19.1 Å².